The summed E-state index contributed by atoms with van der Waals surface area (Å²) >= 11 is 0. The third kappa shape index (κ3) is 2.13. The molecule has 0 N–H and O–H groups in total. The molecule has 1 saturated carbocycles. The minimum absolute atomic E-state index is 0.0126. The number of benzene rings is 1. The zero-order valence-corrected chi connectivity index (χ0v) is 9.00. The van der Waals surface area contributed by atoms with E-state index in [0.717, 1.165) is 25.0 Å². The zero-order valence-electron chi connectivity index (χ0n) is 9.00. The van der Waals surface area contributed by atoms with Crippen LogP contribution >= 0.6 is 0 Å². The van der Waals surface area contributed by atoms with Gasteiger partial charge < -0.3 is 4.90 Å². The Labute approximate surface area is 93.1 Å². The fourth-order valence-electron chi connectivity index (χ4n) is 1.77. The van der Waals surface area contributed by atoms with Gasteiger partial charge in [-0.1, -0.05) is 0 Å². The minimum Gasteiger partial charge on any atom is -0.370 e. The van der Waals surface area contributed by atoms with Gasteiger partial charge in [0, 0.05) is 13.6 Å². The average Bonchev–Trinajstić information content (AvgIpc) is 3.00. The molecule has 0 aromatic heterocycles. The van der Waals surface area contributed by atoms with Gasteiger partial charge >= 0.3 is 0 Å². The van der Waals surface area contributed by atoms with E-state index in [4.69, 9.17) is 5.26 Å². The van der Waals surface area contributed by atoms with Gasteiger partial charge in [0.15, 0.2) is 11.6 Å². The molecule has 0 unspecified atom stereocenters. The van der Waals surface area contributed by atoms with Gasteiger partial charge in [0.05, 0.1) is 11.6 Å². The lowest BCUT2D eigenvalue weighted by Crippen LogP contribution is -2.22. The molecule has 1 fully saturated rings. The maximum Gasteiger partial charge on any atom is 0.150 e. The van der Waals surface area contributed by atoms with E-state index < -0.39 is 11.6 Å². The van der Waals surface area contributed by atoms with Crippen molar-refractivity contribution in [3.8, 4) is 6.07 Å². The maximum atomic E-state index is 13.6. The average molecular weight is 222 g/mol. The first kappa shape index (κ1) is 10.9. The van der Waals surface area contributed by atoms with Crippen molar-refractivity contribution in [3.05, 3.63) is 29.3 Å². The van der Waals surface area contributed by atoms with Crippen LogP contribution in [0.4, 0.5) is 14.5 Å². The highest BCUT2D eigenvalue weighted by Crippen LogP contribution is 2.32. The van der Waals surface area contributed by atoms with Crippen molar-refractivity contribution in [2.45, 2.75) is 12.8 Å². The SMILES string of the molecule is CN(CC1CC1)c1c(F)cc(C#N)cc1F. The molecule has 0 heterocycles. The predicted octanol–water partition coefficient (Wildman–Crippen LogP) is 2.68. The molecule has 0 radical (unpaired) electrons. The Morgan fingerprint density at radius 1 is 1.38 bits per heavy atom. The highest BCUT2D eigenvalue weighted by atomic mass is 19.1. The van der Waals surface area contributed by atoms with Gasteiger partial charge in [-0.15, -0.1) is 0 Å². The van der Waals surface area contributed by atoms with Crippen LogP contribution < -0.4 is 4.90 Å². The second-order valence-corrected chi connectivity index (χ2v) is 4.22. The summed E-state index contributed by atoms with van der Waals surface area (Å²) in [5, 5.41) is 8.57. The van der Waals surface area contributed by atoms with E-state index in [9.17, 15) is 8.78 Å². The molecule has 1 aliphatic carbocycles. The van der Waals surface area contributed by atoms with E-state index >= 15 is 0 Å². The summed E-state index contributed by atoms with van der Waals surface area (Å²) in [7, 11) is 1.67. The van der Waals surface area contributed by atoms with Crippen molar-refractivity contribution in [1.29, 1.82) is 5.26 Å². The molecule has 0 amide bonds. The van der Waals surface area contributed by atoms with E-state index in [1.807, 2.05) is 0 Å². The number of nitriles is 1. The predicted molar refractivity (Wildman–Crippen MR) is 57.1 cm³/mol. The first-order chi connectivity index (χ1) is 7.61. The number of rotatable bonds is 3. The largest absolute Gasteiger partial charge is 0.370 e. The molecule has 2 nitrogen and oxygen atoms in total. The summed E-state index contributed by atoms with van der Waals surface area (Å²) in [4.78, 5) is 1.59. The molecule has 0 atom stereocenters. The Hall–Kier alpha value is -1.63. The minimum atomic E-state index is -0.667. The molecule has 16 heavy (non-hydrogen) atoms. The number of anilines is 1. The van der Waals surface area contributed by atoms with Crippen LogP contribution in [-0.4, -0.2) is 13.6 Å². The highest BCUT2D eigenvalue weighted by molar-refractivity contribution is 5.52. The van der Waals surface area contributed by atoms with Gasteiger partial charge in [-0.25, -0.2) is 8.78 Å². The lowest BCUT2D eigenvalue weighted by Gasteiger charge is -2.20. The van der Waals surface area contributed by atoms with Crippen LogP contribution in [0.1, 0.15) is 18.4 Å². The Balaban J connectivity index is 2.28. The van der Waals surface area contributed by atoms with Crippen LogP contribution in [0.2, 0.25) is 0 Å². The second kappa shape index (κ2) is 4.09. The summed E-state index contributed by atoms with van der Waals surface area (Å²) < 4.78 is 27.2. The number of hydrogen-bond acceptors (Lipinski definition) is 2. The molecule has 84 valence electrons. The zero-order chi connectivity index (χ0) is 11.7. The quantitative estimate of drug-likeness (QED) is 0.786. The molecule has 0 spiro atoms. The third-order valence-corrected chi connectivity index (χ3v) is 2.76. The van der Waals surface area contributed by atoms with Crippen LogP contribution in [0.3, 0.4) is 0 Å². The van der Waals surface area contributed by atoms with E-state index in [2.05, 4.69) is 0 Å². The van der Waals surface area contributed by atoms with Crippen molar-refractivity contribution >= 4 is 5.69 Å². The van der Waals surface area contributed by atoms with Crippen LogP contribution in [0.15, 0.2) is 12.1 Å². The topological polar surface area (TPSA) is 27.0 Å². The molecule has 1 aliphatic rings. The number of hydrogen-bond donors (Lipinski definition) is 0. The van der Waals surface area contributed by atoms with Crippen molar-refractivity contribution in [1.82, 2.24) is 0 Å². The van der Waals surface area contributed by atoms with Gasteiger partial charge in [-0.2, -0.15) is 5.26 Å². The molecular weight excluding hydrogens is 210 g/mol. The van der Waals surface area contributed by atoms with Crippen LogP contribution in [0.25, 0.3) is 0 Å². The summed E-state index contributed by atoms with van der Waals surface area (Å²) in [5.41, 5.74) is -0.0236. The summed E-state index contributed by atoms with van der Waals surface area (Å²) in [6.45, 7) is 0.666. The summed E-state index contributed by atoms with van der Waals surface area (Å²) in [6, 6.07) is 3.87. The number of nitrogens with zero attached hydrogens (tertiary/aromatic N) is 2. The molecule has 1 aromatic rings. The molecular formula is C12H12F2N2. The third-order valence-electron chi connectivity index (χ3n) is 2.76. The molecule has 1 aromatic carbocycles. The molecule has 4 heteroatoms. The Morgan fingerprint density at radius 2 is 1.94 bits per heavy atom. The normalized spacial score (nSPS) is 14.6. The Bertz CT molecular complexity index is 424. The lowest BCUT2D eigenvalue weighted by atomic mass is 10.2. The van der Waals surface area contributed by atoms with Gasteiger partial charge in [0.25, 0.3) is 0 Å². The van der Waals surface area contributed by atoms with Crippen molar-refractivity contribution in [2.75, 3.05) is 18.5 Å². The lowest BCUT2D eigenvalue weighted by molar-refractivity contribution is 0.573. The second-order valence-electron chi connectivity index (χ2n) is 4.22. The first-order valence-electron chi connectivity index (χ1n) is 5.22. The maximum absolute atomic E-state index is 13.6. The van der Waals surface area contributed by atoms with E-state index in [0.29, 0.717) is 12.5 Å². The van der Waals surface area contributed by atoms with Crippen molar-refractivity contribution in [3.63, 3.8) is 0 Å². The number of halogens is 2. The monoisotopic (exact) mass is 222 g/mol. The summed E-state index contributed by atoms with van der Waals surface area (Å²) in [6.07, 6.45) is 2.26. The molecule has 2 rings (SSSR count). The van der Waals surface area contributed by atoms with E-state index in [1.165, 1.54) is 0 Å². The Kier molecular flexibility index (Phi) is 2.78. The molecule has 0 bridgehead atoms. The molecule has 0 aliphatic heterocycles. The smallest absolute Gasteiger partial charge is 0.150 e. The van der Waals surface area contributed by atoms with Crippen LogP contribution in [0.5, 0.6) is 0 Å². The fraction of sp³-hybridized carbons (Fsp3) is 0.417. The van der Waals surface area contributed by atoms with Crippen molar-refractivity contribution < 1.29 is 8.78 Å². The molecule has 0 saturated heterocycles. The van der Waals surface area contributed by atoms with E-state index in [-0.39, 0.29) is 11.3 Å². The summed E-state index contributed by atoms with van der Waals surface area (Å²) in [5.74, 6) is -0.779. The van der Waals surface area contributed by atoms with Gasteiger partial charge in [-0.3, -0.25) is 0 Å². The van der Waals surface area contributed by atoms with Gasteiger partial charge in [0.2, 0.25) is 0 Å². The Morgan fingerprint density at radius 3 is 2.38 bits per heavy atom. The standard InChI is InChI=1S/C12H12F2N2/c1-16(7-8-2-3-8)12-10(13)4-9(6-15)5-11(12)14/h4-5,8H,2-3,7H2,1H3. The van der Waals surface area contributed by atoms with Gasteiger partial charge in [-0.05, 0) is 30.9 Å². The van der Waals surface area contributed by atoms with E-state index in [1.54, 1.807) is 18.0 Å². The van der Waals surface area contributed by atoms with Crippen LogP contribution in [-0.2, 0) is 0 Å². The fourth-order valence-corrected chi connectivity index (χ4v) is 1.77. The van der Waals surface area contributed by atoms with Gasteiger partial charge in [0.1, 0.15) is 5.69 Å². The van der Waals surface area contributed by atoms with Crippen LogP contribution in [0, 0.1) is 28.9 Å². The highest BCUT2D eigenvalue weighted by Gasteiger charge is 2.25. The first-order valence-corrected chi connectivity index (χ1v) is 5.22. The van der Waals surface area contributed by atoms with Crippen molar-refractivity contribution in [2.24, 2.45) is 5.92 Å².